The first kappa shape index (κ1) is 10.2. The SMILES string of the molecule is Fc1ccc2c(c1)CCOC2C1CCCN1. The lowest BCUT2D eigenvalue weighted by molar-refractivity contribution is 0.0198. The molecule has 0 aliphatic carbocycles. The first-order valence-electron chi connectivity index (χ1n) is 5.98. The Bertz CT molecular complexity index is 388. The van der Waals surface area contributed by atoms with Crippen molar-refractivity contribution in [2.24, 2.45) is 0 Å². The second kappa shape index (κ2) is 4.15. The normalized spacial score (nSPS) is 29.1. The van der Waals surface area contributed by atoms with Crippen molar-refractivity contribution in [2.45, 2.75) is 31.4 Å². The van der Waals surface area contributed by atoms with Crippen LogP contribution in [0.25, 0.3) is 0 Å². The highest BCUT2D eigenvalue weighted by Gasteiger charge is 2.30. The van der Waals surface area contributed by atoms with Crippen molar-refractivity contribution in [1.82, 2.24) is 5.32 Å². The zero-order valence-corrected chi connectivity index (χ0v) is 9.21. The van der Waals surface area contributed by atoms with E-state index < -0.39 is 0 Å². The van der Waals surface area contributed by atoms with Gasteiger partial charge in [-0.25, -0.2) is 4.39 Å². The van der Waals surface area contributed by atoms with Gasteiger partial charge in [0.15, 0.2) is 0 Å². The number of hydrogen-bond donors (Lipinski definition) is 1. The van der Waals surface area contributed by atoms with Crippen molar-refractivity contribution < 1.29 is 9.13 Å². The number of hydrogen-bond acceptors (Lipinski definition) is 2. The topological polar surface area (TPSA) is 21.3 Å². The van der Waals surface area contributed by atoms with E-state index in [2.05, 4.69) is 5.32 Å². The molecule has 86 valence electrons. The van der Waals surface area contributed by atoms with E-state index in [1.807, 2.05) is 6.07 Å². The molecule has 1 saturated heterocycles. The van der Waals surface area contributed by atoms with Gasteiger partial charge in [-0.15, -0.1) is 0 Å². The molecule has 0 spiro atoms. The minimum Gasteiger partial charge on any atom is -0.372 e. The van der Waals surface area contributed by atoms with Gasteiger partial charge in [0.2, 0.25) is 0 Å². The van der Waals surface area contributed by atoms with Crippen LogP contribution < -0.4 is 5.32 Å². The fourth-order valence-corrected chi connectivity index (χ4v) is 2.76. The Morgan fingerprint density at radius 1 is 1.38 bits per heavy atom. The highest BCUT2D eigenvalue weighted by atomic mass is 19.1. The second-order valence-corrected chi connectivity index (χ2v) is 4.59. The quantitative estimate of drug-likeness (QED) is 0.785. The van der Waals surface area contributed by atoms with Gasteiger partial charge in [0.05, 0.1) is 12.7 Å². The molecule has 1 aromatic rings. The van der Waals surface area contributed by atoms with Crippen LogP contribution in [0.2, 0.25) is 0 Å². The Kier molecular flexibility index (Phi) is 2.65. The van der Waals surface area contributed by atoms with Crippen LogP contribution in [0.15, 0.2) is 18.2 Å². The van der Waals surface area contributed by atoms with E-state index >= 15 is 0 Å². The van der Waals surface area contributed by atoms with Crippen LogP contribution in [-0.4, -0.2) is 19.2 Å². The minimum atomic E-state index is -0.140. The summed E-state index contributed by atoms with van der Waals surface area (Å²) in [7, 11) is 0. The number of fused-ring (bicyclic) bond motifs is 1. The molecule has 0 bridgehead atoms. The minimum absolute atomic E-state index is 0.117. The Labute approximate surface area is 94.8 Å². The number of ether oxygens (including phenoxy) is 1. The third-order valence-electron chi connectivity index (χ3n) is 3.54. The van der Waals surface area contributed by atoms with Crippen LogP contribution >= 0.6 is 0 Å². The molecule has 2 aliphatic heterocycles. The van der Waals surface area contributed by atoms with E-state index in [9.17, 15) is 4.39 Å². The van der Waals surface area contributed by atoms with Gasteiger partial charge in [0.25, 0.3) is 0 Å². The van der Waals surface area contributed by atoms with Crippen molar-refractivity contribution in [3.63, 3.8) is 0 Å². The van der Waals surface area contributed by atoms with Gasteiger partial charge in [0.1, 0.15) is 5.82 Å². The van der Waals surface area contributed by atoms with Crippen molar-refractivity contribution in [3.05, 3.63) is 35.1 Å². The van der Waals surface area contributed by atoms with E-state index in [0.29, 0.717) is 12.6 Å². The van der Waals surface area contributed by atoms with E-state index in [1.165, 1.54) is 18.1 Å². The molecule has 2 atom stereocenters. The van der Waals surface area contributed by atoms with Gasteiger partial charge < -0.3 is 10.1 Å². The first-order valence-corrected chi connectivity index (χ1v) is 5.98. The fraction of sp³-hybridized carbons (Fsp3) is 0.538. The number of benzene rings is 1. The van der Waals surface area contributed by atoms with Crippen LogP contribution in [0.1, 0.15) is 30.1 Å². The monoisotopic (exact) mass is 221 g/mol. The molecule has 2 nitrogen and oxygen atoms in total. The van der Waals surface area contributed by atoms with Crippen molar-refractivity contribution >= 4 is 0 Å². The summed E-state index contributed by atoms with van der Waals surface area (Å²) in [4.78, 5) is 0. The lowest BCUT2D eigenvalue weighted by Gasteiger charge is -2.30. The predicted octanol–water partition coefficient (Wildman–Crippen LogP) is 2.19. The van der Waals surface area contributed by atoms with Gasteiger partial charge in [-0.1, -0.05) is 6.07 Å². The standard InChI is InChI=1S/C13H16FNO/c14-10-3-4-11-9(8-10)5-7-16-13(11)12-2-1-6-15-12/h3-4,8,12-13,15H,1-2,5-7H2. The molecule has 1 aromatic carbocycles. The fourth-order valence-electron chi connectivity index (χ4n) is 2.76. The summed E-state index contributed by atoms with van der Waals surface area (Å²) >= 11 is 0. The predicted molar refractivity (Wildman–Crippen MR) is 59.8 cm³/mol. The summed E-state index contributed by atoms with van der Waals surface area (Å²) in [5.41, 5.74) is 2.29. The van der Waals surface area contributed by atoms with Crippen molar-refractivity contribution in [2.75, 3.05) is 13.2 Å². The van der Waals surface area contributed by atoms with Crippen LogP contribution in [0.5, 0.6) is 0 Å². The van der Waals surface area contributed by atoms with E-state index in [0.717, 1.165) is 24.9 Å². The van der Waals surface area contributed by atoms with E-state index in [-0.39, 0.29) is 11.9 Å². The second-order valence-electron chi connectivity index (χ2n) is 4.59. The van der Waals surface area contributed by atoms with Gasteiger partial charge >= 0.3 is 0 Å². The number of rotatable bonds is 1. The zero-order valence-electron chi connectivity index (χ0n) is 9.21. The molecular formula is C13H16FNO. The Hall–Kier alpha value is -0.930. The molecule has 0 radical (unpaired) electrons. The molecule has 1 fully saturated rings. The molecule has 3 heteroatoms. The maximum absolute atomic E-state index is 13.1. The molecular weight excluding hydrogens is 205 g/mol. The Balaban J connectivity index is 1.93. The Morgan fingerprint density at radius 2 is 2.31 bits per heavy atom. The van der Waals surface area contributed by atoms with Crippen LogP contribution in [0.3, 0.4) is 0 Å². The molecule has 0 saturated carbocycles. The average molecular weight is 221 g/mol. The summed E-state index contributed by atoms with van der Waals surface area (Å²) in [6.07, 6.45) is 3.31. The van der Waals surface area contributed by atoms with Crippen molar-refractivity contribution in [3.8, 4) is 0 Å². The molecule has 2 aliphatic rings. The third-order valence-corrected chi connectivity index (χ3v) is 3.54. The summed E-state index contributed by atoms with van der Waals surface area (Å²) in [6.45, 7) is 1.78. The highest BCUT2D eigenvalue weighted by molar-refractivity contribution is 5.32. The molecule has 0 amide bonds. The molecule has 0 aromatic heterocycles. The largest absolute Gasteiger partial charge is 0.372 e. The van der Waals surface area contributed by atoms with Crippen LogP contribution in [0, 0.1) is 5.82 Å². The van der Waals surface area contributed by atoms with Gasteiger partial charge in [-0.05, 0) is 49.1 Å². The highest BCUT2D eigenvalue weighted by Crippen LogP contribution is 2.33. The van der Waals surface area contributed by atoms with Gasteiger partial charge in [0, 0.05) is 6.04 Å². The molecule has 1 N–H and O–H groups in total. The molecule has 2 heterocycles. The van der Waals surface area contributed by atoms with Crippen molar-refractivity contribution in [1.29, 1.82) is 0 Å². The third kappa shape index (κ3) is 1.74. The average Bonchev–Trinajstić information content (AvgIpc) is 2.81. The molecule has 2 unspecified atom stereocenters. The Morgan fingerprint density at radius 3 is 3.12 bits per heavy atom. The summed E-state index contributed by atoms with van der Waals surface area (Å²) in [5, 5.41) is 3.46. The van der Waals surface area contributed by atoms with E-state index in [1.54, 1.807) is 6.07 Å². The smallest absolute Gasteiger partial charge is 0.123 e. The molecule has 16 heavy (non-hydrogen) atoms. The van der Waals surface area contributed by atoms with Crippen LogP contribution in [-0.2, 0) is 11.2 Å². The molecule has 3 rings (SSSR count). The number of halogens is 1. The zero-order chi connectivity index (χ0) is 11.0. The summed E-state index contributed by atoms with van der Waals surface area (Å²) in [5.74, 6) is -0.140. The van der Waals surface area contributed by atoms with Crippen LogP contribution in [0.4, 0.5) is 4.39 Å². The number of nitrogens with one attached hydrogen (secondary N) is 1. The summed E-state index contributed by atoms with van der Waals surface area (Å²) in [6, 6.07) is 5.48. The van der Waals surface area contributed by atoms with Gasteiger partial charge in [-0.3, -0.25) is 0 Å². The maximum Gasteiger partial charge on any atom is 0.123 e. The van der Waals surface area contributed by atoms with E-state index in [4.69, 9.17) is 4.74 Å². The van der Waals surface area contributed by atoms with Gasteiger partial charge in [-0.2, -0.15) is 0 Å². The summed E-state index contributed by atoms with van der Waals surface area (Å²) < 4.78 is 19.0. The maximum atomic E-state index is 13.1. The lowest BCUT2D eigenvalue weighted by Crippen LogP contribution is -2.33. The first-order chi connectivity index (χ1) is 7.84. The lowest BCUT2D eigenvalue weighted by atomic mass is 9.92.